The molecule has 7 heteroatoms. The van der Waals surface area contributed by atoms with Crippen LogP contribution in [0.15, 0.2) is 77.4 Å². The second kappa shape index (κ2) is 8.48. The third-order valence-corrected chi connectivity index (χ3v) is 4.32. The number of rotatable bonds is 6. The molecule has 4 rings (SSSR count). The van der Waals surface area contributed by atoms with Crippen LogP contribution in [0.1, 0.15) is 21.8 Å². The van der Waals surface area contributed by atoms with Gasteiger partial charge in [0.1, 0.15) is 5.82 Å². The van der Waals surface area contributed by atoms with Gasteiger partial charge in [0.15, 0.2) is 5.76 Å². The Balaban J connectivity index is 1.44. The van der Waals surface area contributed by atoms with E-state index in [4.69, 9.17) is 4.42 Å². The van der Waals surface area contributed by atoms with Crippen LogP contribution in [0.25, 0.3) is 0 Å². The lowest BCUT2D eigenvalue weighted by molar-refractivity contribution is 0.0996. The Bertz CT molecular complexity index is 1140. The maximum absolute atomic E-state index is 12.0. The standard InChI is InChI=1S/C23H21N5O2/c1-15-5-7-17(8-6-15)25-21-14-16(2)24-23(28-21)27-19-11-9-18(10-12-19)26-22(29)20-4-3-13-30-20/h3-14H,1-2H3,(H,26,29)(H2,24,25,27,28). The Morgan fingerprint density at radius 2 is 1.50 bits per heavy atom. The van der Waals surface area contributed by atoms with Crippen molar-refractivity contribution in [3.8, 4) is 0 Å². The number of aromatic nitrogens is 2. The molecule has 2 heterocycles. The monoisotopic (exact) mass is 399 g/mol. The zero-order chi connectivity index (χ0) is 20.9. The maximum Gasteiger partial charge on any atom is 0.291 e. The van der Waals surface area contributed by atoms with Crippen LogP contribution in [0.3, 0.4) is 0 Å². The van der Waals surface area contributed by atoms with E-state index in [0.717, 1.165) is 17.1 Å². The van der Waals surface area contributed by atoms with Crippen molar-refractivity contribution in [2.24, 2.45) is 0 Å². The van der Waals surface area contributed by atoms with Gasteiger partial charge < -0.3 is 20.4 Å². The van der Waals surface area contributed by atoms with E-state index < -0.39 is 0 Å². The Morgan fingerprint density at radius 1 is 0.833 bits per heavy atom. The van der Waals surface area contributed by atoms with E-state index in [1.807, 2.05) is 56.3 Å². The molecule has 150 valence electrons. The van der Waals surface area contributed by atoms with Crippen LogP contribution in [0, 0.1) is 13.8 Å². The summed E-state index contributed by atoms with van der Waals surface area (Å²) in [6.45, 7) is 3.97. The molecule has 0 aliphatic rings. The maximum atomic E-state index is 12.0. The van der Waals surface area contributed by atoms with E-state index >= 15 is 0 Å². The summed E-state index contributed by atoms with van der Waals surface area (Å²) < 4.78 is 5.09. The average Bonchev–Trinajstić information content (AvgIpc) is 3.26. The zero-order valence-electron chi connectivity index (χ0n) is 16.6. The Morgan fingerprint density at radius 3 is 2.20 bits per heavy atom. The smallest absolute Gasteiger partial charge is 0.291 e. The van der Waals surface area contributed by atoms with E-state index in [0.29, 0.717) is 17.5 Å². The first-order valence-corrected chi connectivity index (χ1v) is 9.46. The first-order chi connectivity index (χ1) is 14.5. The molecule has 0 atom stereocenters. The predicted octanol–water partition coefficient (Wildman–Crippen LogP) is 5.43. The number of carbonyl (C=O) groups is 1. The van der Waals surface area contributed by atoms with Crippen LogP contribution in [0.5, 0.6) is 0 Å². The van der Waals surface area contributed by atoms with Gasteiger partial charge in [0.05, 0.1) is 6.26 Å². The summed E-state index contributed by atoms with van der Waals surface area (Å²) in [5.41, 5.74) is 4.46. The van der Waals surface area contributed by atoms with Crippen LogP contribution >= 0.6 is 0 Å². The predicted molar refractivity (Wildman–Crippen MR) is 118 cm³/mol. The summed E-state index contributed by atoms with van der Waals surface area (Å²) in [7, 11) is 0. The van der Waals surface area contributed by atoms with Crippen molar-refractivity contribution in [1.29, 1.82) is 0 Å². The molecule has 30 heavy (non-hydrogen) atoms. The molecule has 0 fully saturated rings. The van der Waals surface area contributed by atoms with Gasteiger partial charge in [0.2, 0.25) is 5.95 Å². The summed E-state index contributed by atoms with van der Waals surface area (Å²) in [4.78, 5) is 21.0. The highest BCUT2D eigenvalue weighted by molar-refractivity contribution is 6.02. The first-order valence-electron chi connectivity index (χ1n) is 9.46. The van der Waals surface area contributed by atoms with Crippen LogP contribution in [-0.2, 0) is 0 Å². The summed E-state index contributed by atoms with van der Waals surface area (Å²) in [5.74, 6) is 1.15. The molecule has 7 nitrogen and oxygen atoms in total. The molecule has 0 aliphatic carbocycles. The molecule has 2 aromatic heterocycles. The molecule has 0 radical (unpaired) electrons. The molecule has 4 aromatic rings. The second-order valence-corrected chi connectivity index (χ2v) is 6.84. The quantitative estimate of drug-likeness (QED) is 0.401. The number of furan rings is 1. The number of hydrogen-bond donors (Lipinski definition) is 3. The second-order valence-electron chi connectivity index (χ2n) is 6.84. The molecule has 2 aromatic carbocycles. The number of nitrogens with zero attached hydrogens (tertiary/aromatic N) is 2. The van der Waals surface area contributed by atoms with Crippen molar-refractivity contribution in [1.82, 2.24) is 9.97 Å². The van der Waals surface area contributed by atoms with E-state index in [2.05, 4.69) is 25.9 Å². The van der Waals surface area contributed by atoms with Gasteiger partial charge in [-0.3, -0.25) is 4.79 Å². The number of aryl methyl sites for hydroxylation is 2. The van der Waals surface area contributed by atoms with Crippen molar-refractivity contribution in [2.45, 2.75) is 13.8 Å². The van der Waals surface area contributed by atoms with Crippen LogP contribution in [0.4, 0.5) is 28.8 Å². The van der Waals surface area contributed by atoms with Crippen molar-refractivity contribution in [3.63, 3.8) is 0 Å². The van der Waals surface area contributed by atoms with Gasteiger partial charge in [0, 0.05) is 28.8 Å². The fraction of sp³-hybridized carbons (Fsp3) is 0.0870. The summed E-state index contributed by atoms with van der Waals surface area (Å²) in [6.07, 6.45) is 1.46. The highest BCUT2D eigenvalue weighted by atomic mass is 16.3. The summed E-state index contributed by atoms with van der Waals surface area (Å²) >= 11 is 0. The molecule has 0 saturated carbocycles. The number of amides is 1. The number of nitrogens with one attached hydrogen (secondary N) is 3. The van der Waals surface area contributed by atoms with E-state index in [1.54, 1.807) is 24.3 Å². The van der Waals surface area contributed by atoms with Crippen LogP contribution in [-0.4, -0.2) is 15.9 Å². The molecule has 0 unspecified atom stereocenters. The molecular weight excluding hydrogens is 378 g/mol. The van der Waals surface area contributed by atoms with Gasteiger partial charge >= 0.3 is 0 Å². The fourth-order valence-corrected chi connectivity index (χ4v) is 2.84. The SMILES string of the molecule is Cc1ccc(Nc2cc(C)nc(Nc3ccc(NC(=O)c4ccco4)cc3)n2)cc1. The van der Waals surface area contributed by atoms with E-state index in [1.165, 1.54) is 11.8 Å². The minimum absolute atomic E-state index is 0.263. The minimum atomic E-state index is -0.297. The lowest BCUT2D eigenvalue weighted by Crippen LogP contribution is -2.10. The number of carbonyl (C=O) groups excluding carboxylic acids is 1. The Hall–Kier alpha value is -4.13. The topological polar surface area (TPSA) is 92.1 Å². The highest BCUT2D eigenvalue weighted by Gasteiger charge is 2.09. The highest BCUT2D eigenvalue weighted by Crippen LogP contribution is 2.21. The largest absolute Gasteiger partial charge is 0.459 e. The van der Waals surface area contributed by atoms with Gasteiger partial charge in [-0.2, -0.15) is 4.98 Å². The van der Waals surface area contributed by atoms with Crippen LogP contribution in [0.2, 0.25) is 0 Å². The normalized spacial score (nSPS) is 10.5. The van der Waals surface area contributed by atoms with Crippen molar-refractivity contribution in [3.05, 3.63) is 90.0 Å². The first kappa shape index (κ1) is 19.2. The number of anilines is 5. The van der Waals surface area contributed by atoms with Crippen molar-refractivity contribution in [2.75, 3.05) is 16.0 Å². The number of hydrogen-bond acceptors (Lipinski definition) is 6. The van der Waals surface area contributed by atoms with Crippen molar-refractivity contribution < 1.29 is 9.21 Å². The van der Waals surface area contributed by atoms with E-state index in [-0.39, 0.29) is 11.7 Å². The fourth-order valence-electron chi connectivity index (χ4n) is 2.84. The Kier molecular flexibility index (Phi) is 5.43. The van der Waals surface area contributed by atoms with Crippen molar-refractivity contribution >= 4 is 34.7 Å². The zero-order valence-corrected chi connectivity index (χ0v) is 16.6. The van der Waals surface area contributed by atoms with E-state index in [9.17, 15) is 4.79 Å². The average molecular weight is 399 g/mol. The third-order valence-electron chi connectivity index (χ3n) is 4.32. The lowest BCUT2D eigenvalue weighted by atomic mass is 10.2. The van der Waals surface area contributed by atoms with Gasteiger partial charge in [0.25, 0.3) is 5.91 Å². The van der Waals surface area contributed by atoms with Crippen LogP contribution < -0.4 is 16.0 Å². The van der Waals surface area contributed by atoms with Gasteiger partial charge in [-0.25, -0.2) is 4.98 Å². The minimum Gasteiger partial charge on any atom is -0.459 e. The van der Waals surface area contributed by atoms with Gasteiger partial charge in [-0.1, -0.05) is 17.7 Å². The molecule has 0 aliphatic heterocycles. The molecule has 1 amide bonds. The number of benzene rings is 2. The molecule has 0 spiro atoms. The van der Waals surface area contributed by atoms with Gasteiger partial charge in [-0.05, 0) is 62.4 Å². The molecule has 0 saturated heterocycles. The lowest BCUT2D eigenvalue weighted by Gasteiger charge is -2.11. The third kappa shape index (κ3) is 4.82. The molecule has 3 N–H and O–H groups in total. The Labute approximate surface area is 174 Å². The molecule has 0 bridgehead atoms. The summed E-state index contributed by atoms with van der Waals surface area (Å²) in [5, 5.41) is 9.27. The van der Waals surface area contributed by atoms with Gasteiger partial charge in [-0.15, -0.1) is 0 Å². The summed E-state index contributed by atoms with van der Waals surface area (Å²) in [6, 6.07) is 20.6. The molecular formula is C23H21N5O2.